The second-order valence-electron chi connectivity index (χ2n) is 3.63. The third-order valence-electron chi connectivity index (χ3n) is 1.95. The van der Waals surface area contributed by atoms with Crippen molar-refractivity contribution in [1.29, 1.82) is 0 Å². The van der Waals surface area contributed by atoms with E-state index in [-0.39, 0.29) is 38.6 Å². The molecule has 81 valence electrons. The Balaban J connectivity index is 0. The van der Waals surface area contributed by atoms with Crippen LogP contribution in [-0.2, 0) is 37.5 Å². The predicted molar refractivity (Wildman–Crippen MR) is 56.8 cm³/mol. The molecule has 0 atom stereocenters. The number of nitrogens with zero attached hydrogens (tertiary/aromatic N) is 1. The summed E-state index contributed by atoms with van der Waals surface area (Å²) in [5.74, 6) is 1.08. The van der Waals surface area contributed by atoms with Crippen LogP contribution in [0.25, 0.3) is 5.32 Å². The maximum atomic E-state index is 10.0. The van der Waals surface area contributed by atoms with Crippen LogP contribution in [0.2, 0.25) is 0 Å². The molecular formula is C11H22NOY-. The molecule has 1 amide bonds. The average Bonchev–Trinajstić information content (AvgIpc) is 2.86. The van der Waals surface area contributed by atoms with E-state index in [9.17, 15) is 4.79 Å². The van der Waals surface area contributed by atoms with Crippen LogP contribution in [-0.4, -0.2) is 12.5 Å². The molecule has 14 heavy (non-hydrogen) atoms. The second-order valence-corrected chi connectivity index (χ2v) is 3.63. The largest absolute Gasteiger partial charge is 0.654 e. The quantitative estimate of drug-likeness (QED) is 0.771. The summed E-state index contributed by atoms with van der Waals surface area (Å²) in [6.07, 6.45) is 6.88. The number of hydrogen-bond acceptors (Lipinski definition) is 1. The Labute approximate surface area is 113 Å². The van der Waals surface area contributed by atoms with Gasteiger partial charge >= 0.3 is 0 Å². The van der Waals surface area contributed by atoms with Gasteiger partial charge in [-0.25, -0.2) is 0 Å². The molecule has 0 spiro atoms. The molecule has 0 N–H and O–H groups in total. The zero-order chi connectivity index (χ0) is 10.1. The molecule has 1 radical (unpaired) electrons. The van der Waals surface area contributed by atoms with Gasteiger partial charge in [0.25, 0.3) is 0 Å². The fourth-order valence-corrected chi connectivity index (χ4v) is 1.08. The van der Waals surface area contributed by atoms with Gasteiger partial charge in [0.1, 0.15) is 0 Å². The van der Waals surface area contributed by atoms with E-state index in [1.807, 2.05) is 6.92 Å². The van der Waals surface area contributed by atoms with Crippen molar-refractivity contribution in [2.75, 3.05) is 6.54 Å². The van der Waals surface area contributed by atoms with Crippen molar-refractivity contribution in [2.45, 2.75) is 52.9 Å². The fourth-order valence-electron chi connectivity index (χ4n) is 1.08. The predicted octanol–water partition coefficient (Wildman–Crippen LogP) is 3.51. The first-order chi connectivity index (χ1) is 6.20. The van der Waals surface area contributed by atoms with E-state index in [4.69, 9.17) is 0 Å². The Morgan fingerprint density at radius 3 is 2.00 bits per heavy atom. The molecule has 1 fully saturated rings. The number of hydrogen-bond donors (Lipinski definition) is 0. The van der Waals surface area contributed by atoms with Crippen LogP contribution in [0.4, 0.5) is 0 Å². The van der Waals surface area contributed by atoms with Gasteiger partial charge in [-0.1, -0.05) is 46.0 Å². The molecule has 0 aliphatic heterocycles. The Morgan fingerprint density at radius 1 is 1.29 bits per heavy atom. The van der Waals surface area contributed by atoms with Gasteiger partial charge in [-0.3, -0.25) is 0 Å². The first-order valence-corrected chi connectivity index (χ1v) is 5.38. The van der Waals surface area contributed by atoms with Crippen LogP contribution >= 0.6 is 0 Å². The molecule has 0 heterocycles. The van der Waals surface area contributed by atoms with Gasteiger partial charge in [0, 0.05) is 38.6 Å². The van der Waals surface area contributed by atoms with E-state index in [0.29, 0.717) is 6.54 Å². The van der Waals surface area contributed by atoms with Crippen LogP contribution in [0.3, 0.4) is 0 Å². The summed E-state index contributed by atoms with van der Waals surface area (Å²) in [4.78, 5) is 10.0. The van der Waals surface area contributed by atoms with E-state index in [0.717, 1.165) is 12.3 Å². The Morgan fingerprint density at radius 2 is 1.86 bits per heavy atom. The summed E-state index contributed by atoms with van der Waals surface area (Å²) < 4.78 is 0. The van der Waals surface area contributed by atoms with E-state index >= 15 is 0 Å². The third kappa shape index (κ3) is 15.1. The third-order valence-corrected chi connectivity index (χ3v) is 1.95. The van der Waals surface area contributed by atoms with Crippen LogP contribution in [0.1, 0.15) is 52.9 Å². The summed E-state index contributed by atoms with van der Waals surface area (Å²) >= 11 is 0. The zero-order valence-corrected chi connectivity index (χ0v) is 12.6. The molecule has 2 nitrogen and oxygen atoms in total. The normalized spacial score (nSPS) is 13.4. The van der Waals surface area contributed by atoms with Crippen molar-refractivity contribution in [3.8, 4) is 0 Å². The van der Waals surface area contributed by atoms with Crippen molar-refractivity contribution in [1.82, 2.24) is 0 Å². The molecular weight excluding hydrogens is 251 g/mol. The van der Waals surface area contributed by atoms with Crippen molar-refractivity contribution in [3.05, 3.63) is 5.32 Å². The summed E-state index contributed by atoms with van der Waals surface area (Å²) in [6, 6.07) is 0. The number of carbonyl (C=O) groups is 1. The summed E-state index contributed by atoms with van der Waals surface area (Å²) in [6.45, 7) is 6.40. The number of rotatable bonds is 4. The molecule has 0 aromatic carbocycles. The monoisotopic (exact) mass is 273 g/mol. The van der Waals surface area contributed by atoms with Crippen LogP contribution in [0.5, 0.6) is 0 Å². The van der Waals surface area contributed by atoms with Gasteiger partial charge in [-0.05, 0) is 12.8 Å². The van der Waals surface area contributed by atoms with Gasteiger partial charge in [-0.15, -0.1) is 6.54 Å². The Kier molecular flexibility index (Phi) is 14.1. The molecule has 0 unspecified atom stereocenters. The maximum absolute atomic E-state index is 10.0. The van der Waals surface area contributed by atoms with Gasteiger partial charge in [0.2, 0.25) is 0 Å². The summed E-state index contributed by atoms with van der Waals surface area (Å²) in [5, 5.41) is 3.60. The van der Waals surface area contributed by atoms with Gasteiger partial charge in [0.15, 0.2) is 0 Å². The molecule has 0 saturated heterocycles. The van der Waals surface area contributed by atoms with E-state index < -0.39 is 0 Å². The average molecular weight is 273 g/mol. The first-order valence-electron chi connectivity index (χ1n) is 5.38. The Hall–Kier alpha value is 0.574. The smallest absolute Gasteiger partial charge is 0.0479 e. The van der Waals surface area contributed by atoms with Gasteiger partial charge in [-0.2, -0.15) is 0 Å². The molecule has 0 bridgehead atoms. The molecule has 0 aromatic rings. The van der Waals surface area contributed by atoms with E-state index in [2.05, 4.69) is 12.2 Å². The van der Waals surface area contributed by atoms with Crippen LogP contribution < -0.4 is 0 Å². The zero-order valence-electron chi connectivity index (χ0n) is 9.75. The summed E-state index contributed by atoms with van der Waals surface area (Å²) in [5.41, 5.74) is 0. The van der Waals surface area contributed by atoms with Crippen molar-refractivity contribution in [2.24, 2.45) is 5.92 Å². The topological polar surface area (TPSA) is 31.2 Å². The molecule has 1 aliphatic rings. The molecule has 1 aliphatic carbocycles. The van der Waals surface area contributed by atoms with Crippen molar-refractivity contribution >= 4 is 5.91 Å². The van der Waals surface area contributed by atoms with E-state index in [1.54, 1.807) is 0 Å². The SMILES string of the molecule is CCCC1CC1.CCC[N-]C(C)=O.[Y]. The minimum atomic E-state index is -0.0677. The minimum Gasteiger partial charge on any atom is -0.654 e. The molecule has 0 aromatic heterocycles. The summed E-state index contributed by atoms with van der Waals surface area (Å²) in [7, 11) is 0. The molecule has 3 heteroatoms. The van der Waals surface area contributed by atoms with Gasteiger partial charge in [0.05, 0.1) is 0 Å². The number of amides is 1. The van der Waals surface area contributed by atoms with Crippen LogP contribution in [0, 0.1) is 5.92 Å². The first kappa shape index (κ1) is 17.0. The molecule has 1 rings (SSSR count). The second kappa shape index (κ2) is 11.6. The van der Waals surface area contributed by atoms with Crippen LogP contribution in [0.15, 0.2) is 0 Å². The Bertz CT molecular complexity index is 135. The van der Waals surface area contributed by atoms with Crippen molar-refractivity contribution < 1.29 is 37.5 Å². The van der Waals surface area contributed by atoms with Gasteiger partial charge < -0.3 is 10.1 Å². The number of carbonyl (C=O) groups excluding carboxylic acids is 1. The van der Waals surface area contributed by atoms with E-state index in [1.165, 1.54) is 32.6 Å². The van der Waals surface area contributed by atoms with Crippen molar-refractivity contribution in [3.63, 3.8) is 0 Å². The fraction of sp³-hybridized carbons (Fsp3) is 0.909. The standard InChI is InChI=1S/C6H12.C5H11NO.Y/c1-2-3-6-4-5-6;1-3-4-6-5(2)7;/h6H,2-5H2,1H3;3-4H2,1-2H3,(H,6,7);/p-1. The minimum absolute atomic E-state index is 0. The molecule has 1 saturated carbocycles. The maximum Gasteiger partial charge on any atom is 0.0479 e.